The summed E-state index contributed by atoms with van der Waals surface area (Å²) in [5.41, 5.74) is -0.490. The largest absolute Gasteiger partial charge is 0.416 e. The third-order valence-corrected chi connectivity index (χ3v) is 4.57. The summed E-state index contributed by atoms with van der Waals surface area (Å²) in [6.45, 7) is 0.502. The lowest BCUT2D eigenvalue weighted by Crippen LogP contribution is -2.39. The molecular formula is C15H12F3N3O2S. The molecule has 2 aromatic rings. The van der Waals surface area contributed by atoms with E-state index in [9.17, 15) is 22.8 Å². The molecular weight excluding hydrogens is 343 g/mol. The molecule has 1 aromatic carbocycles. The fourth-order valence-electron chi connectivity index (χ4n) is 2.30. The molecule has 126 valence electrons. The van der Waals surface area contributed by atoms with Gasteiger partial charge in [0.1, 0.15) is 15.9 Å². The number of aromatic nitrogens is 1. The highest BCUT2D eigenvalue weighted by Gasteiger charge is 2.31. The predicted octanol–water partition coefficient (Wildman–Crippen LogP) is 2.45. The van der Waals surface area contributed by atoms with Crippen molar-refractivity contribution in [1.82, 2.24) is 15.6 Å². The van der Waals surface area contributed by atoms with Crippen molar-refractivity contribution in [3.63, 3.8) is 0 Å². The van der Waals surface area contributed by atoms with Crippen molar-refractivity contribution in [2.45, 2.75) is 18.6 Å². The first-order chi connectivity index (χ1) is 11.3. The van der Waals surface area contributed by atoms with Crippen LogP contribution in [0, 0.1) is 0 Å². The highest BCUT2D eigenvalue weighted by Crippen LogP contribution is 2.33. The number of alkyl halides is 3. The van der Waals surface area contributed by atoms with E-state index >= 15 is 0 Å². The summed E-state index contributed by atoms with van der Waals surface area (Å²) in [5.74, 6) is -0.709. The Morgan fingerprint density at radius 3 is 2.83 bits per heavy atom. The first kappa shape index (κ1) is 16.4. The predicted molar refractivity (Wildman–Crippen MR) is 81.4 cm³/mol. The molecule has 2 heterocycles. The number of halogens is 3. The van der Waals surface area contributed by atoms with Gasteiger partial charge in [-0.1, -0.05) is 12.1 Å². The Labute approximate surface area is 138 Å². The van der Waals surface area contributed by atoms with E-state index in [2.05, 4.69) is 15.6 Å². The van der Waals surface area contributed by atoms with Gasteiger partial charge in [0.05, 0.1) is 11.8 Å². The summed E-state index contributed by atoms with van der Waals surface area (Å²) in [7, 11) is 0. The van der Waals surface area contributed by atoms with E-state index in [1.54, 1.807) is 0 Å². The van der Waals surface area contributed by atoms with Crippen molar-refractivity contribution in [1.29, 1.82) is 0 Å². The van der Waals surface area contributed by atoms with E-state index in [1.807, 2.05) is 0 Å². The summed E-state index contributed by atoms with van der Waals surface area (Å²) in [6, 6.07) is 4.17. The second kappa shape index (κ2) is 6.23. The maximum atomic E-state index is 12.8. The summed E-state index contributed by atoms with van der Waals surface area (Å²) in [5, 5.41) is 5.50. The number of benzene rings is 1. The van der Waals surface area contributed by atoms with Crippen molar-refractivity contribution in [3.8, 4) is 10.6 Å². The number of hydrogen-bond donors (Lipinski definition) is 2. The van der Waals surface area contributed by atoms with Crippen molar-refractivity contribution < 1.29 is 22.8 Å². The summed E-state index contributed by atoms with van der Waals surface area (Å²) in [4.78, 5) is 27.8. The van der Waals surface area contributed by atoms with E-state index in [1.165, 1.54) is 18.3 Å². The molecule has 0 aliphatic carbocycles. The number of rotatable bonds is 3. The molecule has 2 N–H and O–H groups in total. The Bertz CT molecular complexity index is 788. The lowest BCUT2D eigenvalue weighted by Gasteiger charge is -2.08. The molecule has 9 heteroatoms. The van der Waals surface area contributed by atoms with Gasteiger partial charge in [-0.15, -0.1) is 11.3 Å². The van der Waals surface area contributed by atoms with E-state index in [-0.39, 0.29) is 16.3 Å². The van der Waals surface area contributed by atoms with Crippen LogP contribution in [-0.4, -0.2) is 29.4 Å². The molecule has 1 aliphatic rings. The van der Waals surface area contributed by atoms with Crippen LogP contribution >= 0.6 is 11.3 Å². The number of nitrogens with one attached hydrogen (secondary N) is 2. The van der Waals surface area contributed by atoms with Crippen molar-refractivity contribution in [2.75, 3.05) is 6.54 Å². The molecule has 1 aromatic heterocycles. The van der Waals surface area contributed by atoms with E-state index in [0.717, 1.165) is 23.5 Å². The summed E-state index contributed by atoms with van der Waals surface area (Å²) < 4.78 is 38.3. The van der Waals surface area contributed by atoms with Gasteiger partial charge in [-0.25, -0.2) is 4.98 Å². The van der Waals surface area contributed by atoms with Crippen molar-refractivity contribution >= 4 is 23.2 Å². The number of carbonyl (C=O) groups is 2. The fourth-order valence-corrected chi connectivity index (χ4v) is 3.12. The van der Waals surface area contributed by atoms with Crippen molar-refractivity contribution in [3.05, 3.63) is 40.9 Å². The zero-order chi connectivity index (χ0) is 17.3. The first-order valence-electron chi connectivity index (χ1n) is 7.06. The van der Waals surface area contributed by atoms with Gasteiger partial charge >= 0.3 is 6.18 Å². The molecule has 1 saturated heterocycles. The van der Waals surface area contributed by atoms with Crippen LogP contribution in [0.15, 0.2) is 30.5 Å². The fraction of sp³-hybridized carbons (Fsp3) is 0.267. The standard InChI is InChI=1S/C15H12F3N3O2S/c16-15(17,18)9-3-1-2-8(6-9)14-20-7-11(24-14)13(23)21-10-4-5-19-12(10)22/h1-3,6-7,10H,4-5H2,(H,19,22)(H,21,23)/t10-/m0/s1. The molecule has 5 nitrogen and oxygen atoms in total. The lowest BCUT2D eigenvalue weighted by atomic mass is 10.1. The van der Waals surface area contributed by atoms with E-state index < -0.39 is 23.7 Å². The average Bonchev–Trinajstić information content (AvgIpc) is 3.16. The number of hydrogen-bond acceptors (Lipinski definition) is 4. The van der Waals surface area contributed by atoms with Gasteiger partial charge in [-0.05, 0) is 18.6 Å². The van der Waals surface area contributed by atoms with E-state index in [4.69, 9.17) is 0 Å². The van der Waals surface area contributed by atoms with Crippen LogP contribution in [-0.2, 0) is 11.0 Å². The molecule has 0 saturated carbocycles. The maximum absolute atomic E-state index is 12.8. The number of nitrogens with zero attached hydrogens (tertiary/aromatic N) is 1. The Balaban J connectivity index is 1.78. The third kappa shape index (κ3) is 3.40. The minimum atomic E-state index is -4.44. The van der Waals surface area contributed by atoms with Gasteiger partial charge in [-0.2, -0.15) is 13.2 Å². The Morgan fingerprint density at radius 1 is 1.38 bits per heavy atom. The molecule has 1 aliphatic heterocycles. The molecule has 3 rings (SSSR count). The van der Waals surface area contributed by atoms with E-state index in [0.29, 0.717) is 18.0 Å². The van der Waals surface area contributed by atoms with Crippen LogP contribution in [0.4, 0.5) is 13.2 Å². The number of carbonyl (C=O) groups excluding carboxylic acids is 2. The molecule has 2 amide bonds. The van der Waals surface area contributed by atoms with Gasteiger partial charge in [0.2, 0.25) is 5.91 Å². The molecule has 0 unspecified atom stereocenters. The second-order valence-corrected chi connectivity index (χ2v) is 6.24. The third-order valence-electron chi connectivity index (χ3n) is 3.52. The van der Waals surface area contributed by atoms with Crippen LogP contribution in [0.1, 0.15) is 21.7 Å². The molecule has 1 fully saturated rings. The smallest absolute Gasteiger partial charge is 0.354 e. The Morgan fingerprint density at radius 2 is 2.17 bits per heavy atom. The minimum Gasteiger partial charge on any atom is -0.354 e. The van der Waals surface area contributed by atoms with Gasteiger partial charge in [0, 0.05) is 12.1 Å². The SMILES string of the molecule is O=C(N[C@H]1CCNC1=O)c1cnc(-c2cccc(C(F)(F)F)c2)s1. The summed E-state index contributed by atoms with van der Waals surface area (Å²) in [6.07, 6.45) is -2.64. The van der Waals surface area contributed by atoms with Gasteiger partial charge in [0.15, 0.2) is 0 Å². The maximum Gasteiger partial charge on any atom is 0.416 e. The zero-order valence-electron chi connectivity index (χ0n) is 12.2. The number of amides is 2. The lowest BCUT2D eigenvalue weighted by molar-refractivity contribution is -0.137. The zero-order valence-corrected chi connectivity index (χ0v) is 13.0. The van der Waals surface area contributed by atoms with Gasteiger partial charge in [0.25, 0.3) is 5.91 Å². The van der Waals surface area contributed by atoms with Crippen LogP contribution < -0.4 is 10.6 Å². The minimum absolute atomic E-state index is 0.238. The van der Waals surface area contributed by atoms with Crippen LogP contribution in [0.3, 0.4) is 0 Å². The summed E-state index contributed by atoms with van der Waals surface area (Å²) >= 11 is 0.976. The highest BCUT2D eigenvalue weighted by atomic mass is 32.1. The van der Waals surface area contributed by atoms with Gasteiger partial charge < -0.3 is 10.6 Å². The quantitative estimate of drug-likeness (QED) is 0.888. The normalized spacial score (nSPS) is 17.6. The first-order valence-corrected chi connectivity index (χ1v) is 7.88. The van der Waals surface area contributed by atoms with Crippen LogP contribution in [0.25, 0.3) is 10.6 Å². The molecule has 24 heavy (non-hydrogen) atoms. The monoisotopic (exact) mass is 355 g/mol. The van der Waals surface area contributed by atoms with Crippen LogP contribution in [0.2, 0.25) is 0 Å². The molecule has 0 radical (unpaired) electrons. The highest BCUT2D eigenvalue weighted by molar-refractivity contribution is 7.16. The molecule has 0 spiro atoms. The topological polar surface area (TPSA) is 71.1 Å². The molecule has 1 atom stereocenters. The van der Waals surface area contributed by atoms with Crippen molar-refractivity contribution in [2.24, 2.45) is 0 Å². The average molecular weight is 355 g/mol. The number of thiazole rings is 1. The Kier molecular flexibility index (Phi) is 4.27. The molecule has 0 bridgehead atoms. The van der Waals surface area contributed by atoms with Crippen LogP contribution in [0.5, 0.6) is 0 Å². The Hall–Kier alpha value is -2.42. The second-order valence-electron chi connectivity index (χ2n) is 5.21. The van der Waals surface area contributed by atoms with Gasteiger partial charge in [-0.3, -0.25) is 9.59 Å².